The lowest BCUT2D eigenvalue weighted by Gasteiger charge is -2.15. The molecular formula is C6H12N4O2. The van der Waals surface area contributed by atoms with Gasteiger partial charge in [0.2, 0.25) is 0 Å². The van der Waals surface area contributed by atoms with Crippen molar-refractivity contribution in [3.63, 3.8) is 0 Å². The van der Waals surface area contributed by atoms with Gasteiger partial charge in [0.25, 0.3) is 5.91 Å². The molecule has 0 aromatic carbocycles. The minimum absolute atomic E-state index is 0.345. The van der Waals surface area contributed by atoms with Crippen LogP contribution in [0, 0.1) is 0 Å². The largest absolute Gasteiger partial charge is 0.350 e. The number of nitrogens with one attached hydrogen (secondary N) is 1. The maximum atomic E-state index is 11.2. The van der Waals surface area contributed by atoms with E-state index in [9.17, 15) is 9.59 Å². The van der Waals surface area contributed by atoms with Crippen molar-refractivity contribution in [1.29, 1.82) is 0 Å². The molecule has 6 heteroatoms. The molecule has 1 heterocycles. The Morgan fingerprint density at radius 1 is 1.50 bits per heavy atom. The van der Waals surface area contributed by atoms with Gasteiger partial charge in [-0.3, -0.25) is 4.79 Å². The van der Waals surface area contributed by atoms with Gasteiger partial charge in [-0.05, 0) is 19.4 Å². The summed E-state index contributed by atoms with van der Waals surface area (Å²) < 4.78 is 0. The normalized spacial score (nSPS) is 22.2. The number of carbonyl (C=O) groups excluding carboxylic acids is 2. The van der Waals surface area contributed by atoms with Crippen LogP contribution in [0.15, 0.2) is 0 Å². The topological polar surface area (TPSA) is 101 Å². The fraction of sp³-hybridized carbons (Fsp3) is 0.667. The molecule has 0 bridgehead atoms. The fourth-order valence-electron chi connectivity index (χ4n) is 1.17. The highest BCUT2D eigenvalue weighted by atomic mass is 16.2. The molecule has 1 saturated heterocycles. The Labute approximate surface area is 69.8 Å². The van der Waals surface area contributed by atoms with Crippen LogP contribution >= 0.6 is 0 Å². The van der Waals surface area contributed by atoms with E-state index in [1.807, 2.05) is 0 Å². The van der Waals surface area contributed by atoms with Crippen molar-refractivity contribution >= 4 is 11.9 Å². The monoisotopic (exact) mass is 172 g/mol. The Hall–Kier alpha value is -1.14. The highest BCUT2D eigenvalue weighted by Gasteiger charge is 2.27. The number of primary amides is 1. The minimum Gasteiger partial charge on any atom is -0.350 e. The van der Waals surface area contributed by atoms with Gasteiger partial charge in [-0.25, -0.2) is 10.6 Å². The van der Waals surface area contributed by atoms with Crippen LogP contribution in [-0.4, -0.2) is 29.5 Å². The number of hydrogen-bond donors (Lipinski definition) is 3. The first-order valence-corrected chi connectivity index (χ1v) is 3.74. The lowest BCUT2D eigenvalue weighted by molar-refractivity contribution is -0.130. The van der Waals surface area contributed by atoms with Crippen molar-refractivity contribution in [1.82, 2.24) is 10.3 Å². The number of carbonyl (C=O) groups is 2. The van der Waals surface area contributed by atoms with E-state index in [4.69, 9.17) is 11.6 Å². The molecule has 1 aliphatic heterocycles. The summed E-state index contributed by atoms with van der Waals surface area (Å²) in [5.41, 5.74) is 4.82. The van der Waals surface area contributed by atoms with Crippen LogP contribution in [0.1, 0.15) is 12.8 Å². The second-order valence-corrected chi connectivity index (χ2v) is 2.70. The van der Waals surface area contributed by atoms with Crippen molar-refractivity contribution in [2.75, 3.05) is 6.54 Å². The Morgan fingerprint density at radius 3 is 2.58 bits per heavy atom. The molecule has 3 amide bonds. The number of rotatable bonds is 1. The van der Waals surface area contributed by atoms with E-state index < -0.39 is 11.9 Å². The highest BCUT2D eigenvalue weighted by molar-refractivity contribution is 5.95. The zero-order valence-corrected chi connectivity index (χ0v) is 6.62. The molecule has 0 aromatic rings. The van der Waals surface area contributed by atoms with E-state index in [1.165, 1.54) is 0 Å². The summed E-state index contributed by atoms with van der Waals surface area (Å²) in [4.78, 5) is 21.7. The summed E-state index contributed by atoms with van der Waals surface area (Å²) in [6, 6.07) is -1.27. The predicted molar refractivity (Wildman–Crippen MR) is 41.6 cm³/mol. The van der Waals surface area contributed by atoms with Gasteiger partial charge in [0.1, 0.15) is 0 Å². The molecule has 1 atom stereocenters. The average Bonchev–Trinajstić information content (AvgIpc) is 2.53. The zero-order valence-electron chi connectivity index (χ0n) is 6.62. The molecule has 6 nitrogen and oxygen atoms in total. The smallest absolute Gasteiger partial charge is 0.336 e. The molecule has 0 aliphatic carbocycles. The summed E-state index contributed by atoms with van der Waals surface area (Å²) in [5.74, 6) is 4.65. The summed E-state index contributed by atoms with van der Waals surface area (Å²) in [6.07, 6.45) is 1.63. The number of nitrogens with two attached hydrogens (primary N) is 2. The van der Waals surface area contributed by atoms with E-state index in [0.29, 0.717) is 11.4 Å². The van der Waals surface area contributed by atoms with Gasteiger partial charge in [0.05, 0.1) is 6.04 Å². The highest BCUT2D eigenvalue weighted by Crippen LogP contribution is 2.06. The van der Waals surface area contributed by atoms with Gasteiger partial charge in [-0.1, -0.05) is 0 Å². The Morgan fingerprint density at radius 2 is 2.17 bits per heavy atom. The molecule has 1 unspecified atom stereocenters. The molecule has 1 rings (SSSR count). The van der Waals surface area contributed by atoms with Crippen molar-refractivity contribution in [3.05, 3.63) is 0 Å². The molecule has 5 N–H and O–H groups in total. The molecule has 0 saturated carbocycles. The van der Waals surface area contributed by atoms with Crippen LogP contribution < -0.4 is 16.9 Å². The molecule has 0 aromatic heterocycles. The molecule has 0 radical (unpaired) electrons. The van der Waals surface area contributed by atoms with E-state index in [2.05, 4.69) is 5.32 Å². The number of urea groups is 1. The molecule has 12 heavy (non-hydrogen) atoms. The first-order valence-electron chi connectivity index (χ1n) is 3.74. The van der Waals surface area contributed by atoms with Crippen LogP contribution in [0.5, 0.6) is 0 Å². The maximum Gasteiger partial charge on any atom is 0.336 e. The van der Waals surface area contributed by atoms with Gasteiger partial charge < -0.3 is 11.1 Å². The third-order valence-corrected chi connectivity index (χ3v) is 1.83. The first kappa shape index (κ1) is 8.95. The minimum atomic E-state index is -0.922. The van der Waals surface area contributed by atoms with Crippen LogP contribution in [0.3, 0.4) is 0 Å². The van der Waals surface area contributed by atoms with Crippen molar-refractivity contribution in [2.45, 2.75) is 18.9 Å². The second-order valence-electron chi connectivity index (χ2n) is 2.70. The fourth-order valence-corrected chi connectivity index (χ4v) is 1.17. The van der Waals surface area contributed by atoms with E-state index >= 15 is 0 Å². The third kappa shape index (κ3) is 1.72. The standard InChI is InChI=1S/C6H12N4O2/c7-6(12)10(8)5(11)4-2-1-3-9-4/h4,9H,1-3,8H2,(H2,7,12). The van der Waals surface area contributed by atoms with Crippen LogP contribution in [0.2, 0.25) is 0 Å². The van der Waals surface area contributed by atoms with Gasteiger partial charge in [0, 0.05) is 0 Å². The summed E-state index contributed by atoms with van der Waals surface area (Å²) in [5, 5.41) is 3.36. The van der Waals surface area contributed by atoms with Crippen molar-refractivity contribution < 1.29 is 9.59 Å². The van der Waals surface area contributed by atoms with Gasteiger partial charge in [-0.2, -0.15) is 5.01 Å². The summed E-state index contributed by atoms with van der Waals surface area (Å²) >= 11 is 0. The van der Waals surface area contributed by atoms with E-state index in [1.54, 1.807) is 0 Å². The lowest BCUT2D eigenvalue weighted by atomic mass is 10.2. The Balaban J connectivity index is 2.51. The quantitative estimate of drug-likeness (QED) is 0.255. The molecule has 1 aliphatic rings. The van der Waals surface area contributed by atoms with Crippen molar-refractivity contribution in [3.8, 4) is 0 Å². The Kier molecular flexibility index (Phi) is 2.61. The van der Waals surface area contributed by atoms with E-state index in [-0.39, 0.29) is 6.04 Å². The van der Waals surface area contributed by atoms with Crippen molar-refractivity contribution in [2.24, 2.45) is 11.6 Å². The SMILES string of the molecule is NC(=O)N(N)C(=O)C1CCCN1. The molecule has 1 fully saturated rings. The van der Waals surface area contributed by atoms with Crippen LogP contribution in [0.4, 0.5) is 4.79 Å². The number of hydrazine groups is 1. The summed E-state index contributed by atoms with van der Waals surface area (Å²) in [6.45, 7) is 0.781. The molecule has 0 spiro atoms. The Bertz CT molecular complexity index is 200. The summed E-state index contributed by atoms with van der Waals surface area (Å²) in [7, 11) is 0. The van der Waals surface area contributed by atoms with Gasteiger partial charge in [0.15, 0.2) is 0 Å². The lowest BCUT2D eigenvalue weighted by Crippen LogP contribution is -2.52. The zero-order chi connectivity index (χ0) is 9.14. The van der Waals surface area contributed by atoms with Gasteiger partial charge in [-0.15, -0.1) is 0 Å². The van der Waals surface area contributed by atoms with Crippen LogP contribution in [-0.2, 0) is 4.79 Å². The third-order valence-electron chi connectivity index (χ3n) is 1.83. The van der Waals surface area contributed by atoms with Crippen LogP contribution in [0.25, 0.3) is 0 Å². The maximum absolute atomic E-state index is 11.2. The van der Waals surface area contributed by atoms with Gasteiger partial charge >= 0.3 is 6.03 Å². The second kappa shape index (κ2) is 3.51. The molecular weight excluding hydrogens is 160 g/mol. The average molecular weight is 172 g/mol. The van der Waals surface area contributed by atoms with E-state index in [0.717, 1.165) is 13.0 Å². The first-order chi connectivity index (χ1) is 5.63. The predicted octanol–water partition coefficient (Wildman–Crippen LogP) is -1.48. The number of hydrogen-bond acceptors (Lipinski definition) is 4. The number of imide groups is 1. The number of nitrogens with zero attached hydrogens (tertiary/aromatic N) is 1. The number of amides is 3. The molecule has 68 valence electrons.